The molecule has 1 aromatic carbocycles. The number of halogens is 1. The van der Waals surface area contributed by atoms with Crippen molar-refractivity contribution >= 4 is 28.4 Å². The fourth-order valence-electron chi connectivity index (χ4n) is 4.07. The molecular weight excluding hydrogens is 403 g/mol. The first-order chi connectivity index (χ1) is 14.2. The van der Waals surface area contributed by atoms with Crippen LogP contribution in [0, 0.1) is 11.7 Å². The van der Waals surface area contributed by atoms with Crippen LogP contribution < -0.4 is 10.9 Å². The molecule has 3 aliphatic rings. The van der Waals surface area contributed by atoms with Crippen LogP contribution in [0.15, 0.2) is 16.9 Å². The summed E-state index contributed by atoms with van der Waals surface area (Å²) in [6.45, 7) is 4.80. The van der Waals surface area contributed by atoms with E-state index in [1.165, 1.54) is 18.9 Å². The second kappa shape index (κ2) is 9.24. The predicted molar refractivity (Wildman–Crippen MR) is 121 cm³/mol. The van der Waals surface area contributed by atoms with Crippen LogP contribution in [-0.2, 0) is 10.5 Å². The normalized spacial score (nSPS) is 20.7. The minimum atomic E-state index is -0.513. The number of hydrogen-bond donors (Lipinski definition) is 2. The van der Waals surface area contributed by atoms with Crippen molar-refractivity contribution in [2.24, 2.45) is 5.92 Å². The largest absolute Gasteiger partial charge is 0.385 e. The van der Waals surface area contributed by atoms with Crippen LogP contribution >= 0.6 is 11.8 Å². The van der Waals surface area contributed by atoms with E-state index in [1.807, 2.05) is 11.8 Å². The van der Waals surface area contributed by atoms with Crippen molar-refractivity contribution in [1.82, 2.24) is 14.9 Å². The van der Waals surface area contributed by atoms with E-state index in [9.17, 15) is 9.18 Å². The van der Waals surface area contributed by atoms with Crippen molar-refractivity contribution in [3.8, 4) is 0 Å². The zero-order chi connectivity index (χ0) is 19.8. The summed E-state index contributed by atoms with van der Waals surface area (Å²) >= 11 is 1.84. The molecule has 0 amide bonds. The Morgan fingerprint density at radius 3 is 2.67 bits per heavy atom. The zero-order valence-electron chi connectivity index (χ0n) is 16.5. The number of piperidine rings is 1. The molecule has 1 saturated carbocycles. The lowest BCUT2D eigenvalue weighted by Crippen LogP contribution is -2.52. The Balaban J connectivity index is 0.00000218. The summed E-state index contributed by atoms with van der Waals surface area (Å²) in [5, 5.41) is 3.89. The number of rotatable bonds is 7. The molecule has 30 heavy (non-hydrogen) atoms. The van der Waals surface area contributed by atoms with E-state index in [2.05, 4.69) is 20.2 Å². The Hall–Kier alpha value is -1.64. The third-order valence-corrected chi connectivity index (χ3v) is 7.55. The van der Waals surface area contributed by atoms with Gasteiger partial charge in [-0.2, -0.15) is 11.8 Å². The second-order valence-corrected chi connectivity index (χ2v) is 9.72. The molecule has 2 N–H and O–H groups in total. The van der Waals surface area contributed by atoms with Gasteiger partial charge in [0.25, 0.3) is 5.56 Å². The van der Waals surface area contributed by atoms with Gasteiger partial charge in [0, 0.05) is 17.5 Å². The van der Waals surface area contributed by atoms with E-state index < -0.39 is 11.4 Å². The monoisotopic (exact) mass is 434 g/mol. The van der Waals surface area contributed by atoms with E-state index in [0.717, 1.165) is 45.7 Å². The minimum absolute atomic E-state index is 0. The Labute approximate surface area is 181 Å². The molecule has 0 radical (unpaired) electrons. The number of H-pyrrole nitrogens is 1. The fourth-order valence-corrected chi connectivity index (χ4v) is 5.14. The van der Waals surface area contributed by atoms with Crippen molar-refractivity contribution < 1.29 is 9.13 Å². The van der Waals surface area contributed by atoms with Gasteiger partial charge < -0.3 is 15.0 Å². The first-order valence-electron chi connectivity index (χ1n) is 10.6. The summed E-state index contributed by atoms with van der Waals surface area (Å²) in [4.78, 5) is 22.3. The highest BCUT2D eigenvalue weighted by molar-refractivity contribution is 7.99. The predicted octanol–water partition coefficient (Wildman–Crippen LogP) is 3.62. The highest BCUT2D eigenvalue weighted by Crippen LogP contribution is 2.30. The van der Waals surface area contributed by atoms with Crippen LogP contribution in [0.4, 0.5) is 10.1 Å². The van der Waals surface area contributed by atoms with Gasteiger partial charge in [-0.25, -0.2) is 9.37 Å². The summed E-state index contributed by atoms with van der Waals surface area (Å²) < 4.78 is 19.8. The topological polar surface area (TPSA) is 70.2 Å². The number of aromatic nitrogens is 2. The van der Waals surface area contributed by atoms with Gasteiger partial charge in [0.1, 0.15) is 17.0 Å². The first-order valence-corrected chi connectivity index (χ1v) is 11.6. The second-order valence-electron chi connectivity index (χ2n) is 8.43. The lowest BCUT2D eigenvalue weighted by Gasteiger charge is -2.41. The SMILES string of the molecule is C.O=c1[nH]c(CSC2CCN(C3COC3)CC2)nc2cc(NCC3CC3)cc(F)c12. The maximum absolute atomic E-state index is 14.5. The smallest absolute Gasteiger partial charge is 0.261 e. The summed E-state index contributed by atoms with van der Waals surface area (Å²) in [6.07, 6.45) is 4.75. The van der Waals surface area contributed by atoms with Crippen LogP contribution in [0.25, 0.3) is 10.9 Å². The Kier molecular flexibility index (Phi) is 6.65. The lowest BCUT2D eigenvalue weighted by molar-refractivity contribution is -0.0694. The molecule has 0 unspecified atom stereocenters. The molecule has 1 aliphatic carbocycles. The summed E-state index contributed by atoms with van der Waals surface area (Å²) in [6, 6.07) is 3.80. The van der Waals surface area contributed by atoms with Crippen LogP contribution in [0.3, 0.4) is 0 Å². The molecule has 1 aromatic heterocycles. The van der Waals surface area contributed by atoms with Crippen molar-refractivity contribution in [2.75, 3.05) is 38.2 Å². The Bertz CT molecular complexity index is 937. The molecule has 0 atom stereocenters. The summed E-state index contributed by atoms with van der Waals surface area (Å²) in [7, 11) is 0. The first kappa shape index (κ1) is 21.6. The molecule has 3 fully saturated rings. The maximum atomic E-state index is 14.5. The van der Waals surface area contributed by atoms with E-state index in [-0.39, 0.29) is 12.8 Å². The molecule has 164 valence electrons. The summed E-state index contributed by atoms with van der Waals surface area (Å²) in [5.41, 5.74) is 0.741. The number of fused-ring (bicyclic) bond motifs is 1. The highest BCUT2D eigenvalue weighted by Gasteiger charge is 2.29. The number of benzene rings is 1. The van der Waals surface area contributed by atoms with E-state index >= 15 is 0 Å². The van der Waals surface area contributed by atoms with E-state index in [4.69, 9.17) is 4.74 Å². The van der Waals surface area contributed by atoms with Gasteiger partial charge in [-0.1, -0.05) is 7.43 Å². The molecule has 2 aromatic rings. The minimum Gasteiger partial charge on any atom is -0.385 e. The van der Waals surface area contributed by atoms with Crippen molar-refractivity contribution in [3.05, 3.63) is 34.1 Å². The van der Waals surface area contributed by atoms with Crippen LogP contribution in [0.1, 0.15) is 38.9 Å². The number of ether oxygens (including phenoxy) is 1. The van der Waals surface area contributed by atoms with Crippen molar-refractivity contribution in [2.45, 2.75) is 50.2 Å². The molecule has 3 heterocycles. The Morgan fingerprint density at radius 1 is 1.23 bits per heavy atom. The third kappa shape index (κ3) is 4.81. The van der Waals surface area contributed by atoms with Gasteiger partial charge >= 0.3 is 0 Å². The average molecular weight is 435 g/mol. The molecule has 5 rings (SSSR count). The fraction of sp³-hybridized carbons (Fsp3) is 0.636. The third-order valence-electron chi connectivity index (χ3n) is 6.17. The van der Waals surface area contributed by atoms with Crippen molar-refractivity contribution in [3.63, 3.8) is 0 Å². The molecule has 2 saturated heterocycles. The number of hydrogen-bond acceptors (Lipinski definition) is 6. The standard InChI is InChI=1S/C21H27FN4O2S.CH4/c22-17-7-14(23-9-13-1-2-13)8-18-20(17)21(27)25-19(24-18)12-29-16-3-5-26(6-4-16)15-10-28-11-15;/h7-8,13,15-16,23H,1-6,9-12H2,(H,24,25,27);1H4. The summed E-state index contributed by atoms with van der Waals surface area (Å²) in [5.74, 6) is 1.45. The van der Waals surface area contributed by atoms with Gasteiger partial charge in [0.15, 0.2) is 0 Å². The number of thioether (sulfide) groups is 1. The van der Waals surface area contributed by atoms with Gasteiger partial charge in [0.05, 0.1) is 30.5 Å². The lowest BCUT2D eigenvalue weighted by atomic mass is 10.1. The molecule has 0 bridgehead atoms. The molecular formula is C22H31FN4O2S. The highest BCUT2D eigenvalue weighted by atomic mass is 32.2. The number of nitrogens with zero attached hydrogens (tertiary/aromatic N) is 2. The molecule has 2 aliphatic heterocycles. The zero-order valence-corrected chi connectivity index (χ0v) is 17.3. The molecule has 8 heteroatoms. The van der Waals surface area contributed by atoms with Gasteiger partial charge in [-0.15, -0.1) is 0 Å². The average Bonchev–Trinajstić information content (AvgIpc) is 3.48. The van der Waals surface area contributed by atoms with E-state index in [1.54, 1.807) is 6.07 Å². The number of nitrogens with one attached hydrogen (secondary N) is 2. The molecule has 6 nitrogen and oxygen atoms in total. The van der Waals surface area contributed by atoms with Gasteiger partial charge in [-0.05, 0) is 56.8 Å². The van der Waals surface area contributed by atoms with Crippen LogP contribution in [0.5, 0.6) is 0 Å². The van der Waals surface area contributed by atoms with Crippen molar-refractivity contribution in [1.29, 1.82) is 0 Å². The number of aromatic amines is 1. The number of likely N-dealkylation sites (tertiary alicyclic amines) is 1. The van der Waals surface area contributed by atoms with Gasteiger partial charge in [0.2, 0.25) is 0 Å². The van der Waals surface area contributed by atoms with Gasteiger partial charge in [-0.3, -0.25) is 9.69 Å². The molecule has 0 spiro atoms. The number of anilines is 1. The van der Waals surface area contributed by atoms with Crippen LogP contribution in [0.2, 0.25) is 0 Å². The maximum Gasteiger partial charge on any atom is 0.261 e. The quantitative estimate of drug-likeness (QED) is 0.694. The van der Waals surface area contributed by atoms with E-state index in [0.29, 0.717) is 40.0 Å². The Morgan fingerprint density at radius 2 is 2.00 bits per heavy atom. The van der Waals surface area contributed by atoms with Crippen LogP contribution in [-0.4, -0.2) is 59.0 Å².